The van der Waals surface area contributed by atoms with Crippen molar-refractivity contribution in [1.82, 2.24) is 14.7 Å². The zero-order chi connectivity index (χ0) is 26.7. The Morgan fingerprint density at radius 2 is 1.86 bits per heavy atom. The van der Waals surface area contributed by atoms with Crippen LogP contribution in [0.15, 0.2) is 24.3 Å². The molecule has 7 nitrogen and oxygen atoms in total. The van der Waals surface area contributed by atoms with Crippen LogP contribution in [0.1, 0.15) is 73.3 Å². The highest BCUT2D eigenvalue weighted by Crippen LogP contribution is 2.47. The summed E-state index contributed by atoms with van der Waals surface area (Å²) < 4.78 is 13.5. The number of rotatable bonds is 6. The number of benzene rings is 1. The Bertz CT molecular complexity index is 858. The fourth-order valence-corrected chi connectivity index (χ4v) is 4.70. The normalized spacial score (nSPS) is 24.6. The maximum absolute atomic E-state index is 13.5. The summed E-state index contributed by atoms with van der Waals surface area (Å²) in [4.78, 5) is 30.8. The van der Waals surface area contributed by atoms with Gasteiger partial charge in [-0.2, -0.15) is 5.26 Å². The van der Waals surface area contributed by atoms with Crippen molar-refractivity contribution in [1.29, 1.82) is 5.26 Å². The maximum atomic E-state index is 13.5. The first-order chi connectivity index (χ1) is 16.9. The van der Waals surface area contributed by atoms with Gasteiger partial charge in [-0.05, 0) is 42.9 Å². The number of nitrogens with zero attached hydrogens (tertiary/aromatic N) is 4. The summed E-state index contributed by atoms with van der Waals surface area (Å²) in [7, 11) is 0. The molecule has 1 aromatic carbocycles. The van der Waals surface area contributed by atoms with Crippen molar-refractivity contribution < 1.29 is 14.0 Å². The average Bonchev–Trinajstić information content (AvgIpc) is 3.47. The Morgan fingerprint density at radius 1 is 1.20 bits per heavy atom. The molecule has 3 amide bonds. The van der Waals surface area contributed by atoms with Gasteiger partial charge in [-0.25, -0.2) is 9.18 Å². The first-order valence-electron chi connectivity index (χ1n) is 13.2. The minimum Gasteiger partial charge on any atom is -0.322 e. The van der Waals surface area contributed by atoms with Crippen LogP contribution in [-0.2, 0) is 11.3 Å². The van der Waals surface area contributed by atoms with Crippen LogP contribution in [0.4, 0.5) is 9.18 Å². The monoisotopic (exact) mass is 489 g/mol. The molecule has 1 aromatic rings. The van der Waals surface area contributed by atoms with Gasteiger partial charge in [0.15, 0.2) is 0 Å². The number of carbonyl (C=O) groups is 2. The van der Waals surface area contributed by atoms with Crippen LogP contribution in [0.25, 0.3) is 0 Å². The summed E-state index contributed by atoms with van der Waals surface area (Å²) >= 11 is 0. The van der Waals surface area contributed by atoms with Crippen molar-refractivity contribution in [3.63, 3.8) is 0 Å². The van der Waals surface area contributed by atoms with Crippen LogP contribution < -0.4 is 5.73 Å². The van der Waals surface area contributed by atoms with Crippen molar-refractivity contribution in [3.8, 4) is 6.07 Å². The molecule has 2 aliphatic heterocycles. The molecule has 3 fully saturated rings. The quantitative estimate of drug-likeness (QED) is 0.623. The zero-order valence-corrected chi connectivity index (χ0v) is 22.5. The van der Waals surface area contributed by atoms with Crippen LogP contribution in [0, 0.1) is 23.1 Å². The smallest absolute Gasteiger partial charge is 0.320 e. The Hall–Kier alpha value is -2.66. The van der Waals surface area contributed by atoms with Gasteiger partial charge >= 0.3 is 6.03 Å². The summed E-state index contributed by atoms with van der Waals surface area (Å²) in [6.45, 7) is 14.9. The van der Waals surface area contributed by atoms with Crippen LogP contribution in [0.5, 0.6) is 0 Å². The van der Waals surface area contributed by atoms with Crippen molar-refractivity contribution in [2.24, 2.45) is 11.7 Å². The molecule has 8 heteroatoms. The molecule has 2 heterocycles. The molecular weight excluding hydrogens is 445 g/mol. The molecule has 35 heavy (non-hydrogen) atoms. The van der Waals surface area contributed by atoms with Crippen molar-refractivity contribution in [3.05, 3.63) is 35.6 Å². The molecule has 4 unspecified atom stereocenters. The molecular formula is C27H44FN5O2. The van der Waals surface area contributed by atoms with Crippen LogP contribution in [0.2, 0.25) is 0 Å². The van der Waals surface area contributed by atoms with Crippen LogP contribution in [0.3, 0.4) is 0 Å². The van der Waals surface area contributed by atoms with E-state index >= 15 is 0 Å². The lowest BCUT2D eigenvalue weighted by atomic mass is 10.1. The van der Waals surface area contributed by atoms with Gasteiger partial charge in [0, 0.05) is 25.7 Å². The third-order valence-electron chi connectivity index (χ3n) is 6.34. The van der Waals surface area contributed by atoms with Gasteiger partial charge in [-0.1, -0.05) is 60.6 Å². The number of likely N-dealkylation sites (tertiary alicyclic amines) is 1. The largest absolute Gasteiger partial charge is 0.322 e. The molecule has 0 bridgehead atoms. The fraction of sp³-hybridized carbons (Fsp3) is 0.667. The summed E-state index contributed by atoms with van der Waals surface area (Å²) in [5.41, 5.74) is 6.91. The van der Waals surface area contributed by atoms with E-state index in [1.807, 2.05) is 48.5 Å². The van der Waals surface area contributed by atoms with Gasteiger partial charge in [0.2, 0.25) is 5.91 Å². The van der Waals surface area contributed by atoms with Gasteiger partial charge in [-0.15, -0.1) is 0 Å². The minimum atomic E-state index is -0.847. The first kappa shape index (κ1) is 30.4. The van der Waals surface area contributed by atoms with E-state index in [0.29, 0.717) is 19.0 Å². The van der Waals surface area contributed by atoms with E-state index in [-0.39, 0.29) is 36.4 Å². The second-order valence-electron chi connectivity index (χ2n) is 8.30. The highest BCUT2D eigenvalue weighted by molar-refractivity contribution is 5.85. The Morgan fingerprint density at radius 3 is 2.43 bits per heavy atom. The predicted octanol–water partition coefficient (Wildman–Crippen LogP) is 4.76. The highest BCUT2D eigenvalue weighted by atomic mass is 19.1. The Kier molecular flexibility index (Phi) is 12.7. The molecule has 2 saturated heterocycles. The number of nitriles is 1. The molecule has 3 aliphatic rings. The number of nitrogens with two attached hydrogens (primary N) is 1. The second-order valence-corrected chi connectivity index (χ2v) is 8.30. The number of piperidine rings is 1. The van der Waals surface area contributed by atoms with Gasteiger partial charge in [-0.3, -0.25) is 4.79 Å². The van der Waals surface area contributed by atoms with E-state index in [4.69, 9.17) is 5.73 Å². The van der Waals surface area contributed by atoms with Gasteiger partial charge < -0.3 is 20.4 Å². The van der Waals surface area contributed by atoms with E-state index in [0.717, 1.165) is 24.8 Å². The summed E-state index contributed by atoms with van der Waals surface area (Å²) in [5.74, 6) is -0.149. The predicted molar refractivity (Wildman–Crippen MR) is 138 cm³/mol. The number of hydrogen-bond donors (Lipinski definition) is 1. The van der Waals surface area contributed by atoms with Crippen molar-refractivity contribution >= 4 is 11.9 Å². The van der Waals surface area contributed by atoms with Gasteiger partial charge in [0.25, 0.3) is 0 Å². The van der Waals surface area contributed by atoms with E-state index in [9.17, 15) is 19.2 Å². The molecule has 0 aromatic heterocycles. The number of carbonyl (C=O) groups excluding carboxylic acids is 2. The first-order valence-corrected chi connectivity index (χ1v) is 13.2. The van der Waals surface area contributed by atoms with Crippen molar-refractivity contribution in [2.45, 2.75) is 98.4 Å². The summed E-state index contributed by atoms with van der Waals surface area (Å²) in [6.07, 6.45) is 2.42. The number of hydrogen-bond acceptors (Lipinski definition) is 4. The standard InChI is InChI=1S/C21H26FN5O2.3C2H6/c1-2-16-11-25(21(29)26(16)10-13-4-3-5-15(22)6-13)12-18(24)20(28)27-17(9-23)7-14-8-19(14)27;3*1-2/h3-6,14,16-19H,2,7-8,10-12,24H2,1H3;3*1-2H3/t14-,16?,17?,18?,19?;;;/m1.../s1. The number of halogens is 1. The molecule has 5 atom stereocenters. The van der Waals surface area contributed by atoms with Gasteiger partial charge in [0.05, 0.1) is 12.1 Å². The topological polar surface area (TPSA) is 93.7 Å². The van der Waals surface area contributed by atoms with E-state index in [1.165, 1.54) is 12.1 Å². The van der Waals surface area contributed by atoms with E-state index < -0.39 is 12.1 Å². The molecule has 1 saturated carbocycles. The molecule has 0 radical (unpaired) electrons. The van der Waals surface area contributed by atoms with Crippen LogP contribution >= 0.6 is 0 Å². The SMILES string of the molecule is CC.CC.CC.CCC1CN(CC(N)C(=O)N2C(C#N)C[C@@H]3CC32)C(=O)N1Cc1cccc(F)c1. The lowest BCUT2D eigenvalue weighted by molar-refractivity contribution is -0.133. The zero-order valence-electron chi connectivity index (χ0n) is 22.5. The Balaban J connectivity index is 0.000000949. The third kappa shape index (κ3) is 7.17. The van der Waals surface area contributed by atoms with Gasteiger partial charge in [0.1, 0.15) is 17.9 Å². The Labute approximate surface area is 211 Å². The summed E-state index contributed by atoms with van der Waals surface area (Å²) in [5, 5.41) is 9.31. The molecule has 0 spiro atoms. The highest BCUT2D eigenvalue weighted by Gasteiger charge is 2.55. The number of urea groups is 1. The van der Waals surface area contributed by atoms with Crippen molar-refractivity contribution in [2.75, 3.05) is 13.1 Å². The molecule has 2 N–H and O–H groups in total. The van der Waals surface area contributed by atoms with E-state index in [2.05, 4.69) is 6.07 Å². The average molecular weight is 490 g/mol. The second kappa shape index (κ2) is 14.7. The number of amides is 3. The van der Waals surface area contributed by atoms with Crippen LogP contribution in [-0.4, -0.2) is 63.9 Å². The molecule has 4 rings (SSSR count). The third-order valence-corrected chi connectivity index (χ3v) is 6.34. The minimum absolute atomic E-state index is 0.0143. The lowest BCUT2D eigenvalue weighted by Gasteiger charge is -2.28. The summed E-state index contributed by atoms with van der Waals surface area (Å²) in [6, 6.07) is 7.12. The van der Waals surface area contributed by atoms with E-state index in [1.54, 1.807) is 26.8 Å². The lowest BCUT2D eigenvalue weighted by Crippen LogP contribution is -2.52. The molecule has 1 aliphatic carbocycles. The fourth-order valence-electron chi connectivity index (χ4n) is 4.70. The number of fused-ring (bicyclic) bond motifs is 1. The maximum Gasteiger partial charge on any atom is 0.320 e. The molecule has 196 valence electrons.